The largest absolute Gasteiger partial charge is 0.493 e. The Labute approximate surface area is 202 Å². The van der Waals surface area contributed by atoms with Crippen LogP contribution in [0.3, 0.4) is 0 Å². The minimum atomic E-state index is 0.353. The van der Waals surface area contributed by atoms with Gasteiger partial charge in [-0.1, -0.05) is 71.4 Å². The Bertz CT molecular complexity index is 1240. The summed E-state index contributed by atoms with van der Waals surface area (Å²) in [7, 11) is 1.61. The lowest BCUT2D eigenvalue weighted by atomic mass is 10.2. The van der Waals surface area contributed by atoms with E-state index in [-0.39, 0.29) is 0 Å². The number of halogens is 1. The molecule has 8 heteroatoms. The van der Waals surface area contributed by atoms with E-state index in [4.69, 9.17) is 21.1 Å². The molecule has 0 aliphatic heterocycles. The predicted molar refractivity (Wildman–Crippen MR) is 133 cm³/mol. The van der Waals surface area contributed by atoms with Gasteiger partial charge in [0.15, 0.2) is 11.5 Å². The average Bonchev–Trinajstić information content (AvgIpc) is 3.29. The molecule has 0 radical (unpaired) electrons. The molecule has 3 aromatic carbocycles. The van der Waals surface area contributed by atoms with E-state index >= 15 is 0 Å². The van der Waals surface area contributed by atoms with Gasteiger partial charge < -0.3 is 9.47 Å². The minimum Gasteiger partial charge on any atom is -0.493 e. The molecule has 4 aromatic rings. The Morgan fingerprint density at radius 1 is 1.06 bits per heavy atom. The van der Waals surface area contributed by atoms with E-state index in [9.17, 15) is 0 Å². The molecule has 4 rings (SSSR count). The van der Waals surface area contributed by atoms with Gasteiger partial charge in [-0.15, -0.1) is 10.2 Å². The highest BCUT2D eigenvalue weighted by Gasteiger charge is 2.08. The second kappa shape index (κ2) is 11.0. The molecule has 0 saturated carbocycles. The van der Waals surface area contributed by atoms with Crippen LogP contribution in [0.4, 0.5) is 0 Å². The van der Waals surface area contributed by atoms with Crippen LogP contribution in [0.2, 0.25) is 5.02 Å². The van der Waals surface area contributed by atoms with Gasteiger partial charge in [0.1, 0.15) is 12.9 Å². The van der Waals surface area contributed by atoms with Gasteiger partial charge in [0.2, 0.25) is 5.16 Å². The van der Waals surface area contributed by atoms with Crippen LogP contribution < -0.4 is 9.47 Å². The van der Waals surface area contributed by atoms with E-state index < -0.39 is 0 Å². The fourth-order valence-electron chi connectivity index (χ4n) is 3.01. The summed E-state index contributed by atoms with van der Waals surface area (Å²) in [4.78, 5) is 0. The zero-order chi connectivity index (χ0) is 23.0. The van der Waals surface area contributed by atoms with Crippen LogP contribution in [0.25, 0.3) is 0 Å². The lowest BCUT2D eigenvalue weighted by Gasteiger charge is -2.12. The smallest absolute Gasteiger partial charge is 0.212 e. The monoisotopic (exact) mass is 478 g/mol. The molecule has 0 aliphatic rings. The number of rotatable bonds is 9. The van der Waals surface area contributed by atoms with Crippen molar-refractivity contribution in [3.8, 4) is 11.5 Å². The fraction of sp³-hybridized carbons (Fsp3) is 0.160. The fourth-order valence-corrected chi connectivity index (χ4v) is 4.02. The second-order valence-electron chi connectivity index (χ2n) is 7.27. The van der Waals surface area contributed by atoms with Crippen LogP contribution in [0, 0.1) is 6.92 Å². The first-order chi connectivity index (χ1) is 16.1. The maximum absolute atomic E-state index is 6.21. The van der Waals surface area contributed by atoms with Crippen LogP contribution in [-0.2, 0) is 12.4 Å². The number of hydrogen-bond acceptors (Lipinski definition) is 6. The van der Waals surface area contributed by atoms with Crippen LogP contribution in [0.5, 0.6) is 11.5 Å². The summed E-state index contributed by atoms with van der Waals surface area (Å²) in [6.07, 6.45) is 3.33. The molecule has 0 N–H and O–H groups in total. The Morgan fingerprint density at radius 3 is 2.67 bits per heavy atom. The van der Waals surface area contributed by atoms with Crippen molar-refractivity contribution >= 4 is 29.6 Å². The first-order valence-corrected chi connectivity index (χ1v) is 11.7. The van der Waals surface area contributed by atoms with Crippen molar-refractivity contribution in [1.82, 2.24) is 14.9 Å². The topological polar surface area (TPSA) is 61.5 Å². The van der Waals surface area contributed by atoms with E-state index in [1.807, 2.05) is 42.5 Å². The lowest BCUT2D eigenvalue weighted by molar-refractivity contribution is 0.284. The number of methoxy groups -OCH3 is 1. The van der Waals surface area contributed by atoms with E-state index in [1.54, 1.807) is 36.1 Å². The van der Waals surface area contributed by atoms with Crippen molar-refractivity contribution in [2.75, 3.05) is 7.11 Å². The molecule has 0 amide bonds. The number of benzene rings is 3. The van der Waals surface area contributed by atoms with Gasteiger partial charge in [-0.25, -0.2) is 0 Å². The standard InChI is InChI=1S/C25H23ClN4O2S/c1-18-7-9-19(10-8-18)16-33-25-29-27-17-30(25)28-14-20-11-12-23(24(13-20)31-2)32-15-21-5-3-4-6-22(21)26/h3-14,17H,15-16H2,1-2H3/b28-14+. The van der Waals surface area contributed by atoms with Crippen LogP contribution in [0.1, 0.15) is 22.3 Å². The Kier molecular flexibility index (Phi) is 7.65. The number of nitrogens with zero attached hydrogens (tertiary/aromatic N) is 4. The predicted octanol–water partition coefficient (Wildman–Crippen LogP) is 6.00. The summed E-state index contributed by atoms with van der Waals surface area (Å²) in [5.74, 6) is 2.04. The van der Waals surface area contributed by atoms with Gasteiger partial charge in [-0.05, 0) is 42.3 Å². The Hall–Kier alpha value is -3.29. The van der Waals surface area contributed by atoms with Crippen LogP contribution >= 0.6 is 23.4 Å². The van der Waals surface area contributed by atoms with Crippen molar-refractivity contribution in [2.24, 2.45) is 5.10 Å². The maximum atomic E-state index is 6.21. The highest BCUT2D eigenvalue weighted by atomic mass is 35.5. The SMILES string of the molecule is COc1cc(/C=N/n2cnnc2SCc2ccc(C)cc2)ccc1OCc1ccccc1Cl. The third-order valence-electron chi connectivity index (χ3n) is 4.85. The van der Waals surface area contributed by atoms with Crippen molar-refractivity contribution in [3.05, 3.63) is 100 Å². The normalized spacial score (nSPS) is 11.1. The van der Waals surface area contributed by atoms with Crippen LogP contribution in [-0.4, -0.2) is 28.2 Å². The molecule has 0 aliphatic carbocycles. The lowest BCUT2D eigenvalue weighted by Crippen LogP contribution is -1.99. The zero-order valence-corrected chi connectivity index (χ0v) is 19.9. The summed E-state index contributed by atoms with van der Waals surface area (Å²) in [5, 5.41) is 14.1. The van der Waals surface area contributed by atoms with Crippen LogP contribution in [0.15, 0.2) is 83.3 Å². The number of aryl methyl sites for hydroxylation is 1. The number of hydrogen-bond donors (Lipinski definition) is 0. The summed E-state index contributed by atoms with van der Waals surface area (Å²) in [6.45, 7) is 2.43. The number of ether oxygens (including phenoxy) is 2. The first-order valence-electron chi connectivity index (χ1n) is 10.3. The average molecular weight is 479 g/mol. The molecule has 0 bridgehead atoms. The van der Waals surface area contributed by atoms with Crippen molar-refractivity contribution in [1.29, 1.82) is 0 Å². The minimum absolute atomic E-state index is 0.353. The van der Waals surface area contributed by atoms with Crippen molar-refractivity contribution in [2.45, 2.75) is 24.4 Å². The quantitative estimate of drug-likeness (QED) is 0.218. The molecule has 0 saturated heterocycles. The molecule has 6 nitrogen and oxygen atoms in total. The molecule has 0 atom stereocenters. The molecular formula is C25H23ClN4O2S. The molecule has 1 aromatic heterocycles. The van der Waals surface area contributed by atoms with Gasteiger partial charge in [0, 0.05) is 16.3 Å². The molecule has 168 valence electrons. The Morgan fingerprint density at radius 2 is 1.88 bits per heavy atom. The van der Waals surface area contributed by atoms with E-state index in [0.29, 0.717) is 23.1 Å². The number of aromatic nitrogens is 3. The molecule has 0 unspecified atom stereocenters. The molecule has 1 heterocycles. The van der Waals surface area contributed by atoms with Gasteiger partial charge in [-0.3, -0.25) is 0 Å². The first kappa shape index (κ1) is 22.9. The van der Waals surface area contributed by atoms with Gasteiger partial charge in [-0.2, -0.15) is 9.78 Å². The summed E-state index contributed by atoms with van der Waals surface area (Å²) < 4.78 is 13.1. The summed E-state index contributed by atoms with van der Waals surface area (Å²) in [6, 6.07) is 21.7. The molecule has 0 spiro atoms. The van der Waals surface area contributed by atoms with E-state index in [0.717, 1.165) is 22.0 Å². The Balaban J connectivity index is 1.41. The summed E-state index contributed by atoms with van der Waals surface area (Å²) >= 11 is 7.80. The van der Waals surface area contributed by atoms with Gasteiger partial charge in [0.25, 0.3) is 0 Å². The highest BCUT2D eigenvalue weighted by molar-refractivity contribution is 7.98. The molecular weight excluding hydrogens is 456 g/mol. The van der Waals surface area contributed by atoms with Crippen molar-refractivity contribution < 1.29 is 9.47 Å². The second-order valence-corrected chi connectivity index (χ2v) is 8.62. The maximum Gasteiger partial charge on any atom is 0.212 e. The van der Waals surface area contributed by atoms with E-state index in [1.165, 1.54) is 11.1 Å². The number of thioether (sulfide) groups is 1. The zero-order valence-electron chi connectivity index (χ0n) is 18.3. The van der Waals surface area contributed by atoms with Gasteiger partial charge in [0.05, 0.1) is 13.3 Å². The molecule has 33 heavy (non-hydrogen) atoms. The summed E-state index contributed by atoms with van der Waals surface area (Å²) in [5.41, 5.74) is 4.24. The third-order valence-corrected chi connectivity index (χ3v) is 6.22. The molecule has 0 fully saturated rings. The van der Waals surface area contributed by atoms with Crippen molar-refractivity contribution in [3.63, 3.8) is 0 Å². The third kappa shape index (κ3) is 6.15. The van der Waals surface area contributed by atoms with Gasteiger partial charge >= 0.3 is 0 Å². The highest BCUT2D eigenvalue weighted by Crippen LogP contribution is 2.29. The van der Waals surface area contributed by atoms with E-state index in [2.05, 4.69) is 46.5 Å².